The summed E-state index contributed by atoms with van der Waals surface area (Å²) in [5.41, 5.74) is -0.832. The third-order valence-corrected chi connectivity index (χ3v) is 6.01. The van der Waals surface area contributed by atoms with Crippen molar-refractivity contribution in [2.24, 2.45) is 5.92 Å². The van der Waals surface area contributed by atoms with Crippen LogP contribution < -0.4 is 4.90 Å². The SMILES string of the molecule is CC(=O)N1CCCCCC1C1CCN(c2ncc(C(F)(F)F)cc2Cl)CC1. The Morgan fingerprint density at radius 1 is 1.15 bits per heavy atom. The number of anilines is 1. The van der Waals surface area contributed by atoms with Gasteiger partial charge in [0.05, 0.1) is 10.6 Å². The molecule has 0 aromatic carbocycles. The second kappa shape index (κ2) is 8.25. The highest BCUT2D eigenvalue weighted by Crippen LogP contribution is 2.36. The van der Waals surface area contributed by atoms with Crippen molar-refractivity contribution in [3.63, 3.8) is 0 Å². The number of piperidine rings is 1. The van der Waals surface area contributed by atoms with Crippen molar-refractivity contribution < 1.29 is 18.0 Å². The van der Waals surface area contributed by atoms with Gasteiger partial charge in [0.25, 0.3) is 0 Å². The van der Waals surface area contributed by atoms with Gasteiger partial charge < -0.3 is 9.80 Å². The lowest BCUT2D eigenvalue weighted by Crippen LogP contribution is -2.47. The molecule has 0 bridgehead atoms. The van der Waals surface area contributed by atoms with Crippen LogP contribution in [0.2, 0.25) is 5.02 Å². The molecule has 0 aliphatic carbocycles. The Hall–Kier alpha value is -1.50. The van der Waals surface area contributed by atoms with Crippen LogP contribution >= 0.6 is 11.6 Å². The minimum atomic E-state index is -4.45. The molecule has 2 aliphatic rings. The number of aromatic nitrogens is 1. The van der Waals surface area contributed by atoms with Crippen molar-refractivity contribution in [1.29, 1.82) is 0 Å². The van der Waals surface area contributed by atoms with E-state index in [4.69, 9.17) is 11.6 Å². The zero-order valence-corrected chi connectivity index (χ0v) is 16.2. The van der Waals surface area contributed by atoms with Crippen LogP contribution in [0.5, 0.6) is 0 Å². The second-order valence-electron chi connectivity index (χ2n) is 7.48. The van der Waals surface area contributed by atoms with Crippen LogP contribution in [0.1, 0.15) is 51.0 Å². The van der Waals surface area contributed by atoms with Gasteiger partial charge in [0.1, 0.15) is 5.82 Å². The fourth-order valence-corrected chi connectivity index (χ4v) is 4.62. The van der Waals surface area contributed by atoms with Gasteiger partial charge in [0.2, 0.25) is 5.91 Å². The van der Waals surface area contributed by atoms with Gasteiger partial charge >= 0.3 is 6.18 Å². The zero-order valence-electron chi connectivity index (χ0n) is 15.4. The summed E-state index contributed by atoms with van der Waals surface area (Å²) in [4.78, 5) is 20.0. The highest BCUT2D eigenvalue weighted by Gasteiger charge is 2.35. The van der Waals surface area contributed by atoms with Gasteiger partial charge in [-0.3, -0.25) is 4.79 Å². The molecule has 1 aromatic rings. The van der Waals surface area contributed by atoms with Crippen LogP contribution in [-0.2, 0) is 11.0 Å². The number of likely N-dealkylation sites (tertiary alicyclic amines) is 1. The molecule has 1 amide bonds. The number of amides is 1. The normalized spacial score (nSPS) is 22.6. The largest absolute Gasteiger partial charge is 0.417 e. The van der Waals surface area contributed by atoms with Gasteiger partial charge in [-0.1, -0.05) is 24.4 Å². The predicted molar refractivity (Wildman–Crippen MR) is 98.8 cm³/mol. The average Bonchev–Trinajstić information content (AvgIpc) is 2.87. The number of halogens is 4. The molecule has 0 N–H and O–H groups in total. The number of carbonyl (C=O) groups is 1. The summed E-state index contributed by atoms with van der Waals surface area (Å²) in [6.07, 6.45) is 2.55. The van der Waals surface area contributed by atoms with Crippen LogP contribution in [0, 0.1) is 5.92 Å². The van der Waals surface area contributed by atoms with E-state index in [1.165, 1.54) is 0 Å². The smallest absolute Gasteiger partial charge is 0.355 e. The molecule has 0 radical (unpaired) electrons. The van der Waals surface area contributed by atoms with Crippen molar-refractivity contribution in [3.05, 3.63) is 22.8 Å². The van der Waals surface area contributed by atoms with E-state index < -0.39 is 11.7 Å². The van der Waals surface area contributed by atoms with Gasteiger partial charge in [-0.25, -0.2) is 4.98 Å². The molecule has 0 saturated carbocycles. The molecule has 3 rings (SSSR count). The summed E-state index contributed by atoms with van der Waals surface area (Å²) in [6.45, 7) is 3.84. The number of pyridine rings is 1. The lowest BCUT2D eigenvalue weighted by atomic mass is 9.86. The van der Waals surface area contributed by atoms with E-state index in [9.17, 15) is 18.0 Å². The number of alkyl halides is 3. The van der Waals surface area contributed by atoms with Gasteiger partial charge in [0, 0.05) is 38.8 Å². The fourth-order valence-electron chi connectivity index (χ4n) is 4.33. The van der Waals surface area contributed by atoms with Gasteiger partial charge in [0.15, 0.2) is 0 Å². The molecule has 2 fully saturated rings. The number of rotatable bonds is 2. The monoisotopic (exact) mass is 403 g/mol. The van der Waals surface area contributed by atoms with Gasteiger partial charge in [-0.05, 0) is 37.7 Å². The van der Waals surface area contributed by atoms with E-state index in [1.807, 2.05) is 9.80 Å². The van der Waals surface area contributed by atoms with Crippen LogP contribution in [0.4, 0.5) is 19.0 Å². The Morgan fingerprint density at radius 2 is 1.85 bits per heavy atom. The molecule has 1 unspecified atom stereocenters. The zero-order chi connectivity index (χ0) is 19.6. The van der Waals surface area contributed by atoms with Crippen LogP contribution in [0.25, 0.3) is 0 Å². The summed E-state index contributed by atoms with van der Waals surface area (Å²) in [7, 11) is 0. The molecule has 3 heterocycles. The van der Waals surface area contributed by atoms with Crippen molar-refractivity contribution in [1.82, 2.24) is 9.88 Å². The number of carbonyl (C=O) groups excluding carboxylic acids is 1. The number of nitrogens with zero attached hydrogens (tertiary/aromatic N) is 3. The molecule has 1 aromatic heterocycles. The molecule has 4 nitrogen and oxygen atoms in total. The quantitative estimate of drug-likeness (QED) is 0.714. The van der Waals surface area contributed by atoms with Gasteiger partial charge in [-0.15, -0.1) is 0 Å². The van der Waals surface area contributed by atoms with E-state index in [2.05, 4.69) is 4.98 Å². The second-order valence-corrected chi connectivity index (χ2v) is 7.89. The van der Waals surface area contributed by atoms with E-state index in [0.717, 1.165) is 57.3 Å². The lowest BCUT2D eigenvalue weighted by Gasteiger charge is -2.41. The molecular weight excluding hydrogens is 379 g/mol. The van der Waals surface area contributed by atoms with Crippen molar-refractivity contribution in [2.45, 2.75) is 57.7 Å². The van der Waals surface area contributed by atoms with Crippen LogP contribution in [0.3, 0.4) is 0 Å². The highest BCUT2D eigenvalue weighted by molar-refractivity contribution is 6.33. The minimum absolute atomic E-state index is 0.0307. The third kappa shape index (κ3) is 4.68. The van der Waals surface area contributed by atoms with E-state index in [-0.39, 0.29) is 17.0 Å². The molecule has 2 aliphatic heterocycles. The Morgan fingerprint density at radius 3 is 2.44 bits per heavy atom. The van der Waals surface area contributed by atoms with Gasteiger partial charge in [-0.2, -0.15) is 13.2 Å². The fraction of sp³-hybridized carbons (Fsp3) is 0.684. The van der Waals surface area contributed by atoms with Crippen molar-refractivity contribution in [2.75, 3.05) is 24.5 Å². The first-order valence-electron chi connectivity index (χ1n) is 9.52. The summed E-state index contributed by atoms with van der Waals surface area (Å²) in [5, 5.41) is 0.0307. The Bertz CT molecular complexity index is 675. The summed E-state index contributed by atoms with van der Waals surface area (Å²) in [6, 6.07) is 1.21. The minimum Gasteiger partial charge on any atom is -0.355 e. The van der Waals surface area contributed by atoms with Crippen LogP contribution in [-0.4, -0.2) is 41.5 Å². The Balaban J connectivity index is 1.67. The molecule has 1 atom stereocenters. The number of hydrogen-bond acceptors (Lipinski definition) is 3. The highest BCUT2D eigenvalue weighted by atomic mass is 35.5. The molecule has 0 spiro atoms. The van der Waals surface area contributed by atoms with E-state index in [0.29, 0.717) is 24.8 Å². The first-order valence-corrected chi connectivity index (χ1v) is 9.90. The Kier molecular flexibility index (Phi) is 6.18. The lowest BCUT2D eigenvalue weighted by molar-refractivity contribution is -0.137. The summed E-state index contributed by atoms with van der Waals surface area (Å²) < 4.78 is 38.4. The maximum atomic E-state index is 12.8. The average molecular weight is 404 g/mol. The molecular formula is C19H25ClF3N3O. The summed E-state index contributed by atoms with van der Waals surface area (Å²) >= 11 is 6.08. The van der Waals surface area contributed by atoms with Crippen molar-refractivity contribution >= 4 is 23.3 Å². The third-order valence-electron chi connectivity index (χ3n) is 5.74. The molecule has 27 heavy (non-hydrogen) atoms. The maximum absolute atomic E-state index is 12.8. The number of hydrogen-bond donors (Lipinski definition) is 0. The first-order chi connectivity index (χ1) is 12.8. The molecule has 8 heteroatoms. The summed E-state index contributed by atoms with van der Waals surface area (Å²) in [5.74, 6) is 0.959. The first kappa shape index (κ1) is 20.2. The van der Waals surface area contributed by atoms with E-state index in [1.54, 1.807) is 6.92 Å². The Labute approximate surface area is 162 Å². The maximum Gasteiger partial charge on any atom is 0.417 e. The molecule has 150 valence electrons. The van der Waals surface area contributed by atoms with E-state index >= 15 is 0 Å². The van der Waals surface area contributed by atoms with Crippen molar-refractivity contribution in [3.8, 4) is 0 Å². The standard InChI is InChI=1S/C19H25ClF3N3O/c1-13(27)26-8-4-2-3-5-17(26)14-6-9-25(10-7-14)18-16(20)11-15(12-24-18)19(21,22)23/h11-12,14,17H,2-10H2,1H3. The molecule has 2 saturated heterocycles. The predicted octanol–water partition coefficient (Wildman–Crippen LogP) is 4.76. The van der Waals surface area contributed by atoms with Crippen LogP contribution in [0.15, 0.2) is 12.3 Å². The topological polar surface area (TPSA) is 36.4 Å².